The zero-order chi connectivity index (χ0) is 19.8. The van der Waals surface area contributed by atoms with Crippen molar-refractivity contribution in [2.75, 3.05) is 13.7 Å². The number of rotatable bonds is 8. The maximum Gasteiger partial charge on any atom is 0.408 e. The summed E-state index contributed by atoms with van der Waals surface area (Å²) in [5, 5.41) is 15.0. The number of methoxy groups -OCH3 is 1. The van der Waals surface area contributed by atoms with Crippen LogP contribution in [0.4, 0.5) is 4.79 Å². The molecule has 1 fully saturated rings. The van der Waals surface area contributed by atoms with Gasteiger partial charge in [-0.1, -0.05) is 26.0 Å². The van der Waals surface area contributed by atoms with E-state index in [1.54, 1.807) is 31.4 Å². The van der Waals surface area contributed by atoms with Crippen LogP contribution in [0.3, 0.4) is 0 Å². The third-order valence-corrected chi connectivity index (χ3v) is 4.23. The minimum Gasteiger partial charge on any atom is -0.497 e. The van der Waals surface area contributed by atoms with Crippen LogP contribution in [0.1, 0.15) is 32.3 Å². The van der Waals surface area contributed by atoms with Gasteiger partial charge in [-0.05, 0) is 36.5 Å². The van der Waals surface area contributed by atoms with Gasteiger partial charge in [0, 0.05) is 0 Å². The Hall–Kier alpha value is -2.32. The summed E-state index contributed by atoms with van der Waals surface area (Å²) in [4.78, 5) is 24.6. The van der Waals surface area contributed by atoms with Gasteiger partial charge in [0.1, 0.15) is 18.4 Å². The Morgan fingerprint density at radius 1 is 1.30 bits per heavy atom. The fourth-order valence-corrected chi connectivity index (χ4v) is 2.76. The zero-order valence-electron chi connectivity index (χ0n) is 15.9. The van der Waals surface area contributed by atoms with E-state index in [9.17, 15) is 14.7 Å². The first-order valence-corrected chi connectivity index (χ1v) is 9.05. The molecule has 1 aromatic carbocycles. The summed E-state index contributed by atoms with van der Waals surface area (Å²) in [5.74, 6) is 0.544. The van der Waals surface area contributed by atoms with Gasteiger partial charge >= 0.3 is 6.09 Å². The fraction of sp³-hybridized carbons (Fsp3) is 0.579. The normalized spacial score (nSPS) is 20.2. The predicted octanol–water partition coefficient (Wildman–Crippen LogP) is 1.56. The van der Waals surface area contributed by atoms with Gasteiger partial charge in [-0.15, -0.1) is 0 Å². The standard InChI is InChI=1S/C19H28N2O6/c1-12(2)10-16(17(22)20-15-8-9-26-18(15)23)21-19(24)27-11-13-4-6-14(25-3)7-5-13/h4-7,12,15-16,18,23H,8-11H2,1-3H3,(H,20,22)(H,21,24). The van der Waals surface area contributed by atoms with E-state index in [-0.39, 0.29) is 18.4 Å². The number of alkyl carbamates (subject to hydrolysis) is 1. The molecule has 0 bridgehead atoms. The molecule has 2 amide bonds. The monoisotopic (exact) mass is 380 g/mol. The molecule has 1 aromatic rings. The second-order valence-corrected chi connectivity index (χ2v) is 6.92. The molecule has 1 aliphatic rings. The number of aliphatic hydroxyl groups excluding tert-OH is 1. The van der Waals surface area contributed by atoms with E-state index < -0.39 is 24.5 Å². The van der Waals surface area contributed by atoms with Crippen LogP contribution < -0.4 is 15.4 Å². The lowest BCUT2D eigenvalue weighted by molar-refractivity contribution is -0.127. The Labute approximate surface area is 159 Å². The molecule has 8 nitrogen and oxygen atoms in total. The number of benzene rings is 1. The molecule has 3 atom stereocenters. The number of hydrogen-bond acceptors (Lipinski definition) is 6. The van der Waals surface area contributed by atoms with Crippen LogP contribution in [0.15, 0.2) is 24.3 Å². The smallest absolute Gasteiger partial charge is 0.408 e. The molecule has 150 valence electrons. The highest BCUT2D eigenvalue weighted by Gasteiger charge is 2.31. The van der Waals surface area contributed by atoms with Crippen LogP contribution in [0.25, 0.3) is 0 Å². The van der Waals surface area contributed by atoms with Crippen LogP contribution in [0.5, 0.6) is 5.75 Å². The first-order chi connectivity index (χ1) is 12.9. The number of amides is 2. The molecule has 2 rings (SSSR count). The van der Waals surface area contributed by atoms with Gasteiger partial charge in [-0.2, -0.15) is 0 Å². The van der Waals surface area contributed by atoms with Gasteiger partial charge in [0.15, 0.2) is 6.29 Å². The molecule has 0 aliphatic carbocycles. The summed E-state index contributed by atoms with van der Waals surface area (Å²) in [6.07, 6.45) is -0.707. The van der Waals surface area contributed by atoms with Gasteiger partial charge in [-0.3, -0.25) is 4.79 Å². The van der Waals surface area contributed by atoms with Crippen LogP contribution in [0, 0.1) is 5.92 Å². The molecule has 1 saturated heterocycles. The van der Waals surface area contributed by atoms with Crippen molar-refractivity contribution < 1.29 is 28.9 Å². The minimum atomic E-state index is -1.02. The quantitative estimate of drug-likeness (QED) is 0.632. The van der Waals surface area contributed by atoms with Crippen molar-refractivity contribution in [1.82, 2.24) is 10.6 Å². The molecule has 3 N–H and O–H groups in total. The van der Waals surface area contributed by atoms with Crippen LogP contribution >= 0.6 is 0 Å². The summed E-state index contributed by atoms with van der Waals surface area (Å²) in [6.45, 7) is 4.38. The molecule has 0 spiro atoms. The van der Waals surface area contributed by atoms with E-state index in [1.165, 1.54) is 0 Å². The molecule has 0 aromatic heterocycles. The highest BCUT2D eigenvalue weighted by Crippen LogP contribution is 2.14. The lowest BCUT2D eigenvalue weighted by Crippen LogP contribution is -2.51. The van der Waals surface area contributed by atoms with E-state index in [0.29, 0.717) is 19.4 Å². The summed E-state index contributed by atoms with van der Waals surface area (Å²) >= 11 is 0. The van der Waals surface area contributed by atoms with E-state index in [2.05, 4.69) is 10.6 Å². The first-order valence-electron chi connectivity index (χ1n) is 9.05. The second kappa shape index (κ2) is 10.1. The van der Waals surface area contributed by atoms with Crippen molar-refractivity contribution in [2.24, 2.45) is 5.92 Å². The number of carbonyl (C=O) groups excluding carboxylic acids is 2. The molecule has 3 unspecified atom stereocenters. The average molecular weight is 380 g/mol. The Bertz CT molecular complexity index is 619. The van der Waals surface area contributed by atoms with Crippen molar-refractivity contribution in [1.29, 1.82) is 0 Å². The Morgan fingerprint density at radius 3 is 2.56 bits per heavy atom. The van der Waals surface area contributed by atoms with Gasteiger partial charge in [0.25, 0.3) is 0 Å². The molecule has 27 heavy (non-hydrogen) atoms. The summed E-state index contributed by atoms with van der Waals surface area (Å²) < 4.78 is 15.3. The van der Waals surface area contributed by atoms with Crippen molar-refractivity contribution in [2.45, 2.75) is 51.7 Å². The fourth-order valence-electron chi connectivity index (χ4n) is 2.76. The Kier molecular flexibility index (Phi) is 7.87. The summed E-state index contributed by atoms with van der Waals surface area (Å²) in [7, 11) is 1.58. The predicted molar refractivity (Wildman–Crippen MR) is 98.1 cm³/mol. The van der Waals surface area contributed by atoms with E-state index in [1.807, 2.05) is 13.8 Å². The van der Waals surface area contributed by atoms with Crippen LogP contribution in [0.2, 0.25) is 0 Å². The van der Waals surface area contributed by atoms with Gasteiger partial charge in [-0.25, -0.2) is 4.79 Å². The van der Waals surface area contributed by atoms with Gasteiger partial charge in [0.05, 0.1) is 19.8 Å². The van der Waals surface area contributed by atoms with Crippen molar-refractivity contribution >= 4 is 12.0 Å². The molecule has 0 saturated carbocycles. The number of carbonyl (C=O) groups is 2. The maximum absolute atomic E-state index is 12.5. The van der Waals surface area contributed by atoms with Crippen molar-refractivity contribution in [3.63, 3.8) is 0 Å². The molecule has 1 aliphatic heterocycles. The van der Waals surface area contributed by atoms with E-state index >= 15 is 0 Å². The number of nitrogens with one attached hydrogen (secondary N) is 2. The van der Waals surface area contributed by atoms with E-state index in [0.717, 1.165) is 11.3 Å². The molecule has 0 radical (unpaired) electrons. The Balaban J connectivity index is 1.87. The van der Waals surface area contributed by atoms with Crippen molar-refractivity contribution in [3.05, 3.63) is 29.8 Å². The number of hydrogen-bond donors (Lipinski definition) is 3. The summed E-state index contributed by atoms with van der Waals surface area (Å²) in [6, 6.07) is 5.93. The molecule has 1 heterocycles. The molecular weight excluding hydrogens is 352 g/mol. The van der Waals surface area contributed by atoms with Crippen molar-refractivity contribution in [3.8, 4) is 5.75 Å². The SMILES string of the molecule is COc1ccc(COC(=O)NC(CC(C)C)C(=O)NC2CCOC2O)cc1. The topological polar surface area (TPSA) is 106 Å². The highest BCUT2D eigenvalue weighted by atomic mass is 16.6. The van der Waals surface area contributed by atoms with Gasteiger partial charge < -0.3 is 30.0 Å². The average Bonchev–Trinajstić information content (AvgIpc) is 3.04. The second-order valence-electron chi connectivity index (χ2n) is 6.92. The van der Waals surface area contributed by atoms with E-state index in [4.69, 9.17) is 14.2 Å². The lowest BCUT2D eigenvalue weighted by Gasteiger charge is -2.23. The lowest BCUT2D eigenvalue weighted by atomic mass is 10.0. The summed E-state index contributed by atoms with van der Waals surface area (Å²) in [5.41, 5.74) is 0.807. The number of aliphatic hydroxyl groups is 1. The highest BCUT2D eigenvalue weighted by molar-refractivity contribution is 5.85. The van der Waals surface area contributed by atoms with Crippen LogP contribution in [-0.4, -0.2) is 49.2 Å². The van der Waals surface area contributed by atoms with Gasteiger partial charge in [0.2, 0.25) is 5.91 Å². The Morgan fingerprint density at radius 2 is 2.00 bits per heavy atom. The third-order valence-electron chi connectivity index (χ3n) is 4.23. The largest absolute Gasteiger partial charge is 0.497 e. The third kappa shape index (κ3) is 6.73. The molecule has 8 heteroatoms. The zero-order valence-corrected chi connectivity index (χ0v) is 15.9. The number of ether oxygens (including phenoxy) is 3. The maximum atomic E-state index is 12.5. The van der Waals surface area contributed by atoms with Crippen LogP contribution in [-0.2, 0) is 20.9 Å². The first kappa shape index (κ1) is 21.0. The minimum absolute atomic E-state index is 0.0843. The molecular formula is C19H28N2O6.